The highest BCUT2D eigenvalue weighted by atomic mass is 14.9. The molecule has 4 nitrogen and oxygen atoms in total. The van der Waals surface area contributed by atoms with E-state index in [0.29, 0.717) is 0 Å². The Kier molecular flexibility index (Phi) is 3.00. The molecule has 4 rings (SSSR count). The number of fused-ring (bicyclic) bond motifs is 1. The number of pyridine rings is 1. The smallest absolute Gasteiger partial charge is 0.137 e. The Morgan fingerprint density at radius 1 is 1.00 bits per heavy atom. The van der Waals surface area contributed by atoms with Crippen LogP contribution in [0.5, 0.6) is 0 Å². The molecule has 4 heteroatoms. The van der Waals surface area contributed by atoms with Gasteiger partial charge in [-0.3, -0.25) is 0 Å². The van der Waals surface area contributed by atoms with E-state index in [2.05, 4.69) is 51.1 Å². The fourth-order valence-corrected chi connectivity index (χ4v) is 2.79. The number of aromatic nitrogens is 4. The Morgan fingerprint density at radius 3 is 2.73 bits per heavy atom. The maximum atomic E-state index is 4.57. The van der Waals surface area contributed by atoms with Gasteiger partial charge in [-0.1, -0.05) is 37.3 Å². The van der Waals surface area contributed by atoms with Crippen molar-refractivity contribution in [1.29, 1.82) is 0 Å². The Morgan fingerprint density at radius 2 is 1.86 bits per heavy atom. The van der Waals surface area contributed by atoms with Crippen molar-refractivity contribution in [3.8, 4) is 11.3 Å². The normalized spacial score (nSPS) is 12.6. The maximum absolute atomic E-state index is 4.57. The molecule has 0 spiro atoms. The number of hydrogen-bond acceptors (Lipinski definition) is 2. The topological polar surface area (TPSA) is 57.4 Å². The molecule has 22 heavy (non-hydrogen) atoms. The van der Waals surface area contributed by atoms with E-state index in [9.17, 15) is 0 Å². The molecule has 0 saturated heterocycles. The first-order chi connectivity index (χ1) is 10.8. The van der Waals surface area contributed by atoms with Crippen molar-refractivity contribution in [2.24, 2.45) is 0 Å². The first-order valence-electron chi connectivity index (χ1n) is 7.35. The van der Waals surface area contributed by atoms with Crippen LogP contribution in [0.25, 0.3) is 22.3 Å². The summed E-state index contributed by atoms with van der Waals surface area (Å²) in [5.74, 6) is 1.21. The lowest BCUT2D eigenvalue weighted by Crippen LogP contribution is -1.98. The lowest BCUT2D eigenvalue weighted by atomic mass is 10.0. The predicted octanol–water partition coefficient (Wildman–Crippen LogP) is 4.10. The van der Waals surface area contributed by atoms with Gasteiger partial charge in [0.15, 0.2) is 0 Å². The van der Waals surface area contributed by atoms with Gasteiger partial charge in [0.1, 0.15) is 11.5 Å². The van der Waals surface area contributed by atoms with Crippen molar-refractivity contribution < 1.29 is 0 Å². The van der Waals surface area contributed by atoms with Gasteiger partial charge in [-0.05, 0) is 17.7 Å². The fourth-order valence-electron chi connectivity index (χ4n) is 2.79. The summed E-state index contributed by atoms with van der Waals surface area (Å²) < 4.78 is 0. The lowest BCUT2D eigenvalue weighted by molar-refractivity contribution is 0.841. The van der Waals surface area contributed by atoms with Gasteiger partial charge in [-0.25, -0.2) is 9.97 Å². The van der Waals surface area contributed by atoms with E-state index in [4.69, 9.17) is 0 Å². The summed E-state index contributed by atoms with van der Waals surface area (Å²) in [5, 5.41) is 1.10. The van der Waals surface area contributed by atoms with Crippen LogP contribution in [0.2, 0.25) is 0 Å². The number of rotatable bonds is 3. The first-order valence-corrected chi connectivity index (χ1v) is 7.35. The SMILES string of the molecule is CC(c1ccccc1)c1ncc(-c2ccnc3[nH]ccc23)[nH]1. The van der Waals surface area contributed by atoms with Crippen molar-refractivity contribution in [2.75, 3.05) is 0 Å². The minimum absolute atomic E-state index is 0.235. The highest BCUT2D eigenvalue weighted by Gasteiger charge is 2.14. The number of nitrogens with zero attached hydrogens (tertiary/aromatic N) is 2. The second-order valence-electron chi connectivity index (χ2n) is 5.41. The van der Waals surface area contributed by atoms with E-state index in [1.54, 1.807) is 0 Å². The molecule has 0 saturated carbocycles. The molecule has 0 amide bonds. The van der Waals surface area contributed by atoms with Crippen LogP contribution in [0.4, 0.5) is 0 Å². The maximum Gasteiger partial charge on any atom is 0.137 e. The van der Waals surface area contributed by atoms with Gasteiger partial charge in [0.2, 0.25) is 0 Å². The number of aromatic amines is 2. The second kappa shape index (κ2) is 5.15. The molecule has 0 radical (unpaired) electrons. The Hall–Kier alpha value is -2.88. The molecular weight excluding hydrogens is 272 g/mol. The molecule has 3 heterocycles. The monoisotopic (exact) mass is 288 g/mol. The van der Waals surface area contributed by atoms with Crippen LogP contribution >= 0.6 is 0 Å². The van der Waals surface area contributed by atoms with Gasteiger partial charge >= 0.3 is 0 Å². The summed E-state index contributed by atoms with van der Waals surface area (Å²) in [6.45, 7) is 2.16. The average molecular weight is 288 g/mol. The zero-order valence-corrected chi connectivity index (χ0v) is 12.2. The lowest BCUT2D eigenvalue weighted by Gasteiger charge is -2.08. The number of nitrogens with one attached hydrogen (secondary N) is 2. The molecule has 0 fully saturated rings. The zero-order valence-electron chi connectivity index (χ0n) is 12.2. The minimum Gasteiger partial charge on any atom is -0.346 e. The van der Waals surface area contributed by atoms with Crippen molar-refractivity contribution in [1.82, 2.24) is 19.9 Å². The van der Waals surface area contributed by atoms with Gasteiger partial charge in [0, 0.05) is 29.3 Å². The van der Waals surface area contributed by atoms with E-state index in [0.717, 1.165) is 28.1 Å². The van der Waals surface area contributed by atoms with Crippen LogP contribution in [0.3, 0.4) is 0 Å². The summed E-state index contributed by atoms with van der Waals surface area (Å²) in [4.78, 5) is 15.5. The third-order valence-corrected chi connectivity index (χ3v) is 4.06. The molecule has 1 aromatic carbocycles. The number of H-pyrrole nitrogens is 2. The van der Waals surface area contributed by atoms with Crippen LogP contribution in [0.1, 0.15) is 24.2 Å². The Bertz CT molecular complexity index is 905. The molecular formula is C18H16N4. The van der Waals surface area contributed by atoms with Gasteiger partial charge in [-0.15, -0.1) is 0 Å². The van der Waals surface area contributed by atoms with E-state index in [1.165, 1.54) is 5.56 Å². The molecule has 0 aliphatic rings. The van der Waals surface area contributed by atoms with Crippen molar-refractivity contribution in [3.63, 3.8) is 0 Å². The summed E-state index contributed by atoms with van der Waals surface area (Å²) in [6.07, 6.45) is 5.62. The molecule has 1 unspecified atom stereocenters. The second-order valence-corrected chi connectivity index (χ2v) is 5.41. The fraction of sp³-hybridized carbons (Fsp3) is 0.111. The third kappa shape index (κ3) is 2.09. The van der Waals surface area contributed by atoms with Gasteiger partial charge in [-0.2, -0.15) is 0 Å². The van der Waals surface area contributed by atoms with Crippen molar-refractivity contribution in [2.45, 2.75) is 12.8 Å². The van der Waals surface area contributed by atoms with E-state index in [-0.39, 0.29) is 5.92 Å². The van der Waals surface area contributed by atoms with Gasteiger partial charge < -0.3 is 9.97 Å². The van der Waals surface area contributed by atoms with Crippen LogP contribution < -0.4 is 0 Å². The summed E-state index contributed by atoms with van der Waals surface area (Å²) in [6, 6.07) is 14.5. The first kappa shape index (κ1) is 12.8. The Balaban J connectivity index is 1.74. The zero-order chi connectivity index (χ0) is 14.9. The predicted molar refractivity (Wildman–Crippen MR) is 87.6 cm³/mol. The number of benzene rings is 1. The number of imidazole rings is 1. The summed E-state index contributed by atoms with van der Waals surface area (Å²) in [7, 11) is 0. The van der Waals surface area contributed by atoms with E-state index >= 15 is 0 Å². The average Bonchev–Trinajstić information content (AvgIpc) is 3.24. The summed E-state index contributed by atoms with van der Waals surface area (Å²) in [5.41, 5.74) is 4.28. The molecule has 1 atom stereocenters. The van der Waals surface area contributed by atoms with Crippen molar-refractivity contribution >= 4 is 11.0 Å². The summed E-state index contributed by atoms with van der Waals surface area (Å²) >= 11 is 0. The molecule has 4 aromatic rings. The standard InChI is InChI=1S/C18H16N4/c1-12(13-5-3-2-4-6-13)17-21-11-16(22-17)14-7-9-19-18-15(14)8-10-20-18/h2-12H,1H3,(H,19,20)(H,21,22). The molecule has 0 aliphatic heterocycles. The van der Waals surface area contributed by atoms with E-state index in [1.807, 2.05) is 36.8 Å². The third-order valence-electron chi connectivity index (χ3n) is 4.06. The molecule has 108 valence electrons. The van der Waals surface area contributed by atoms with Crippen molar-refractivity contribution in [3.05, 3.63) is 72.4 Å². The quantitative estimate of drug-likeness (QED) is 0.596. The highest BCUT2D eigenvalue weighted by molar-refractivity contribution is 5.91. The highest BCUT2D eigenvalue weighted by Crippen LogP contribution is 2.28. The van der Waals surface area contributed by atoms with Crippen LogP contribution in [-0.2, 0) is 0 Å². The molecule has 0 bridgehead atoms. The van der Waals surface area contributed by atoms with Crippen LogP contribution in [0, 0.1) is 0 Å². The van der Waals surface area contributed by atoms with E-state index < -0.39 is 0 Å². The number of hydrogen-bond donors (Lipinski definition) is 2. The Labute approximate surface area is 128 Å². The molecule has 0 aliphatic carbocycles. The van der Waals surface area contributed by atoms with Crippen LogP contribution in [-0.4, -0.2) is 19.9 Å². The minimum atomic E-state index is 0.235. The van der Waals surface area contributed by atoms with Gasteiger partial charge in [0.05, 0.1) is 11.9 Å². The molecule has 2 N–H and O–H groups in total. The molecule has 3 aromatic heterocycles. The largest absolute Gasteiger partial charge is 0.346 e. The van der Waals surface area contributed by atoms with Gasteiger partial charge in [0.25, 0.3) is 0 Å². The van der Waals surface area contributed by atoms with Crippen LogP contribution in [0.15, 0.2) is 61.1 Å².